The van der Waals surface area contributed by atoms with Crippen molar-refractivity contribution >= 4 is 39.8 Å². The van der Waals surface area contributed by atoms with Crippen LogP contribution in [-0.2, 0) is 6.61 Å². The zero-order valence-electron chi connectivity index (χ0n) is 16.8. The van der Waals surface area contributed by atoms with Crippen LogP contribution in [0.1, 0.15) is 21.7 Å². The first-order valence-corrected chi connectivity index (χ1v) is 9.94. The van der Waals surface area contributed by atoms with Crippen LogP contribution in [0.2, 0.25) is 0 Å². The number of ether oxygens (including phenoxy) is 2. The highest BCUT2D eigenvalue weighted by atomic mass is 32.1. The van der Waals surface area contributed by atoms with Gasteiger partial charge in [-0.2, -0.15) is 0 Å². The van der Waals surface area contributed by atoms with Crippen LogP contribution in [0.3, 0.4) is 0 Å². The van der Waals surface area contributed by atoms with E-state index >= 15 is 0 Å². The molecule has 0 aliphatic heterocycles. The van der Waals surface area contributed by atoms with E-state index in [4.69, 9.17) is 31.8 Å². The number of furan rings is 1. The van der Waals surface area contributed by atoms with E-state index in [1.807, 2.05) is 36.4 Å². The monoisotopic (exact) mass is 432 g/mol. The first-order valence-electron chi connectivity index (χ1n) is 9.53. The zero-order valence-corrected chi connectivity index (χ0v) is 17.6. The van der Waals surface area contributed by atoms with E-state index in [1.54, 1.807) is 43.5 Å². The van der Waals surface area contributed by atoms with Crippen LogP contribution < -0.4 is 20.5 Å². The number of hydrogen-bond donors (Lipinski definition) is 2. The predicted molar refractivity (Wildman–Crippen MR) is 124 cm³/mol. The minimum atomic E-state index is -0.349. The number of fused-ring (bicyclic) bond motifs is 1. The molecular formula is C24H20N2O4S. The topological polar surface area (TPSA) is 86.7 Å². The van der Waals surface area contributed by atoms with Gasteiger partial charge in [-0.1, -0.05) is 36.4 Å². The summed E-state index contributed by atoms with van der Waals surface area (Å²) in [6, 6.07) is 21.9. The molecular weight excluding hydrogens is 412 g/mol. The Morgan fingerprint density at radius 2 is 1.87 bits per heavy atom. The van der Waals surface area contributed by atoms with Gasteiger partial charge in [-0.25, -0.2) is 0 Å². The molecule has 0 spiro atoms. The van der Waals surface area contributed by atoms with Gasteiger partial charge in [0.25, 0.3) is 0 Å². The van der Waals surface area contributed by atoms with Gasteiger partial charge in [0.15, 0.2) is 10.9 Å². The Labute approximate surface area is 184 Å². The van der Waals surface area contributed by atoms with Crippen molar-refractivity contribution in [3.05, 3.63) is 89.7 Å². The number of nitrogens with one attached hydrogen (secondary N) is 1. The summed E-state index contributed by atoms with van der Waals surface area (Å²) in [5.74, 6) is 0.894. The van der Waals surface area contributed by atoms with E-state index < -0.39 is 0 Å². The van der Waals surface area contributed by atoms with Crippen molar-refractivity contribution in [3.8, 4) is 11.5 Å². The van der Waals surface area contributed by atoms with Crippen molar-refractivity contribution < 1.29 is 18.7 Å². The third-order valence-corrected chi connectivity index (χ3v) is 4.80. The average Bonchev–Trinajstić information content (AvgIpc) is 3.21. The Kier molecular flexibility index (Phi) is 5.86. The van der Waals surface area contributed by atoms with Crippen LogP contribution in [0.5, 0.6) is 11.5 Å². The third kappa shape index (κ3) is 4.51. The Morgan fingerprint density at radius 1 is 1.06 bits per heavy atom. The molecule has 4 aromatic rings. The molecule has 3 N–H and O–H groups in total. The van der Waals surface area contributed by atoms with Gasteiger partial charge in [0.2, 0.25) is 5.78 Å². The van der Waals surface area contributed by atoms with E-state index in [9.17, 15) is 4.79 Å². The molecule has 0 unspecified atom stereocenters. The lowest BCUT2D eigenvalue weighted by atomic mass is 10.0. The van der Waals surface area contributed by atoms with E-state index in [2.05, 4.69) is 5.32 Å². The molecule has 4 rings (SSSR count). The quantitative estimate of drug-likeness (QED) is 0.317. The summed E-state index contributed by atoms with van der Waals surface area (Å²) < 4.78 is 17.0. The fourth-order valence-corrected chi connectivity index (χ4v) is 3.35. The van der Waals surface area contributed by atoms with Crippen LogP contribution in [0, 0.1) is 0 Å². The molecule has 0 saturated heterocycles. The van der Waals surface area contributed by atoms with Crippen LogP contribution in [0.4, 0.5) is 5.69 Å². The summed E-state index contributed by atoms with van der Waals surface area (Å²) in [6.45, 7) is 0.301. The van der Waals surface area contributed by atoms with E-state index in [0.717, 1.165) is 10.9 Å². The van der Waals surface area contributed by atoms with E-state index in [1.165, 1.54) is 0 Å². The summed E-state index contributed by atoms with van der Waals surface area (Å²) in [5, 5.41) is 3.66. The number of hydrogen-bond acceptors (Lipinski definition) is 5. The van der Waals surface area contributed by atoms with Gasteiger partial charge >= 0.3 is 0 Å². The van der Waals surface area contributed by atoms with Gasteiger partial charge < -0.3 is 24.9 Å². The molecule has 0 aliphatic rings. The average molecular weight is 433 g/mol. The van der Waals surface area contributed by atoms with Crippen LogP contribution in [0.25, 0.3) is 11.0 Å². The molecule has 0 aliphatic carbocycles. The van der Waals surface area contributed by atoms with Crippen LogP contribution in [0.15, 0.2) is 77.2 Å². The van der Waals surface area contributed by atoms with Gasteiger partial charge in [0, 0.05) is 5.39 Å². The van der Waals surface area contributed by atoms with E-state index in [-0.39, 0.29) is 22.2 Å². The predicted octanol–water partition coefficient (Wildman–Crippen LogP) is 4.91. The lowest BCUT2D eigenvalue weighted by Crippen LogP contribution is -2.21. The molecule has 0 fully saturated rings. The zero-order chi connectivity index (χ0) is 21.8. The Morgan fingerprint density at radius 3 is 2.61 bits per heavy atom. The maximum Gasteiger partial charge on any atom is 0.234 e. The smallest absolute Gasteiger partial charge is 0.234 e. The summed E-state index contributed by atoms with van der Waals surface area (Å²) >= 11 is 4.98. The second-order valence-corrected chi connectivity index (χ2v) is 7.23. The molecule has 0 atom stereocenters. The number of benzene rings is 3. The number of ketones is 1. The van der Waals surface area contributed by atoms with Gasteiger partial charge in [-0.15, -0.1) is 0 Å². The van der Waals surface area contributed by atoms with E-state index in [0.29, 0.717) is 29.4 Å². The number of nitrogens with two attached hydrogens (primary N) is 1. The van der Waals surface area contributed by atoms with Crippen molar-refractivity contribution in [2.75, 3.05) is 12.4 Å². The molecule has 7 heteroatoms. The fourth-order valence-electron chi connectivity index (χ4n) is 3.24. The first kappa shape index (κ1) is 20.4. The summed E-state index contributed by atoms with van der Waals surface area (Å²) in [4.78, 5) is 13.5. The third-order valence-electron chi connectivity index (χ3n) is 4.70. The molecule has 1 aromatic heterocycles. The van der Waals surface area contributed by atoms with Crippen molar-refractivity contribution in [2.24, 2.45) is 5.73 Å². The van der Waals surface area contributed by atoms with Crippen molar-refractivity contribution in [2.45, 2.75) is 6.61 Å². The Bertz CT molecular complexity index is 1250. The molecule has 0 amide bonds. The Balaban J connectivity index is 1.73. The van der Waals surface area contributed by atoms with Crippen LogP contribution in [-0.4, -0.2) is 18.0 Å². The van der Waals surface area contributed by atoms with Gasteiger partial charge in [-0.05, 0) is 54.2 Å². The van der Waals surface area contributed by atoms with Crippen molar-refractivity contribution in [1.82, 2.24) is 0 Å². The minimum Gasteiger partial charge on any atom is -0.497 e. The first-order chi connectivity index (χ1) is 15.0. The highest BCUT2D eigenvalue weighted by Crippen LogP contribution is 2.32. The number of anilines is 1. The van der Waals surface area contributed by atoms with Crippen molar-refractivity contribution in [3.63, 3.8) is 0 Å². The van der Waals surface area contributed by atoms with Crippen molar-refractivity contribution in [1.29, 1.82) is 0 Å². The molecule has 1 heterocycles. The molecule has 31 heavy (non-hydrogen) atoms. The summed E-state index contributed by atoms with van der Waals surface area (Å²) in [7, 11) is 1.58. The maximum atomic E-state index is 13.5. The second-order valence-electron chi connectivity index (χ2n) is 6.79. The van der Waals surface area contributed by atoms with Crippen LogP contribution >= 0.6 is 12.2 Å². The fraction of sp³-hybridized carbons (Fsp3) is 0.0833. The molecule has 0 radical (unpaired) electrons. The highest BCUT2D eigenvalue weighted by molar-refractivity contribution is 7.80. The highest BCUT2D eigenvalue weighted by Gasteiger charge is 2.23. The standard InChI is InChI=1S/C24H20N2O4S/c1-28-17-10-11-19-16(12-17)13-21(30-19)23(27)22-18(26-24(25)31)8-5-9-20(22)29-14-15-6-3-2-4-7-15/h2-13H,14H2,1H3,(H3,25,26,31). The number of methoxy groups -OCH3 is 1. The molecule has 0 bridgehead atoms. The number of carbonyl (C=O) groups excluding carboxylic acids is 1. The van der Waals surface area contributed by atoms with Gasteiger partial charge in [-0.3, -0.25) is 4.79 Å². The summed E-state index contributed by atoms with van der Waals surface area (Å²) in [6.07, 6.45) is 0. The van der Waals surface area contributed by atoms with Gasteiger partial charge in [0.05, 0.1) is 18.4 Å². The lowest BCUT2D eigenvalue weighted by molar-refractivity contribution is 0.101. The molecule has 0 saturated carbocycles. The number of rotatable bonds is 7. The number of thiocarbonyl (C=S) groups is 1. The lowest BCUT2D eigenvalue weighted by Gasteiger charge is -2.15. The molecule has 156 valence electrons. The number of carbonyl (C=O) groups is 1. The molecule has 6 nitrogen and oxygen atoms in total. The van der Waals surface area contributed by atoms with Gasteiger partial charge in [0.1, 0.15) is 23.7 Å². The Hall–Kier alpha value is -3.84. The second kappa shape index (κ2) is 8.89. The minimum absolute atomic E-state index is 0.0450. The molecule has 3 aromatic carbocycles. The maximum absolute atomic E-state index is 13.5. The SMILES string of the molecule is COc1ccc2oc(C(=O)c3c(NC(N)=S)cccc3OCc3ccccc3)cc2c1. The largest absolute Gasteiger partial charge is 0.497 e. The normalized spacial score (nSPS) is 10.6. The summed E-state index contributed by atoms with van der Waals surface area (Å²) in [5.41, 5.74) is 7.96.